The molecule has 0 radical (unpaired) electrons. The number of hydrogen-bond donors (Lipinski definition) is 2. The van der Waals surface area contributed by atoms with Gasteiger partial charge in [0.25, 0.3) is 0 Å². The number of carbonyl (C=O) groups excluding carboxylic acids is 1. The average Bonchev–Trinajstić information content (AvgIpc) is 3.12. The molecule has 0 spiro atoms. The molecule has 0 aromatic heterocycles. The Morgan fingerprint density at radius 3 is 2.58 bits per heavy atom. The maximum atomic E-state index is 11.9. The maximum absolute atomic E-state index is 11.9. The molecule has 1 amide bonds. The molecule has 0 bridgehead atoms. The quantitative estimate of drug-likeness (QED) is 0.735. The van der Waals surface area contributed by atoms with Gasteiger partial charge in [0.05, 0.1) is 0 Å². The summed E-state index contributed by atoms with van der Waals surface area (Å²) in [4.78, 5) is 14.4. The molecular formula is C15H29N3O. The lowest BCUT2D eigenvalue weighted by Crippen LogP contribution is -2.44. The third kappa shape index (κ3) is 3.69. The van der Waals surface area contributed by atoms with Gasteiger partial charge in [0, 0.05) is 31.6 Å². The van der Waals surface area contributed by atoms with Crippen molar-refractivity contribution in [2.75, 3.05) is 19.6 Å². The lowest BCUT2D eigenvalue weighted by Gasteiger charge is -2.30. The fraction of sp³-hybridized carbons (Fsp3) is 0.933. The van der Waals surface area contributed by atoms with Crippen LogP contribution in [-0.2, 0) is 4.79 Å². The minimum absolute atomic E-state index is 0.184. The van der Waals surface area contributed by atoms with Crippen LogP contribution in [0.4, 0.5) is 0 Å². The Bertz CT molecular complexity index is 311. The molecular weight excluding hydrogens is 238 g/mol. The molecule has 110 valence electrons. The Labute approximate surface area is 117 Å². The molecule has 0 aromatic carbocycles. The largest absolute Gasteiger partial charge is 0.353 e. The standard InChI is InChI=1S/C15H29N3O/c1-3-15(4-2)7-8-18(11-15)13(10-16)9-14(19)17-12-5-6-12/h12-13H,3-11,16H2,1-2H3,(H,17,19). The summed E-state index contributed by atoms with van der Waals surface area (Å²) >= 11 is 0. The van der Waals surface area contributed by atoms with E-state index in [9.17, 15) is 4.79 Å². The molecule has 1 atom stereocenters. The summed E-state index contributed by atoms with van der Waals surface area (Å²) in [6.45, 7) is 7.36. The molecule has 1 unspecified atom stereocenters. The first-order valence-corrected chi connectivity index (χ1v) is 7.86. The predicted octanol–water partition coefficient (Wildman–Crippen LogP) is 1.49. The highest BCUT2D eigenvalue weighted by molar-refractivity contribution is 5.77. The van der Waals surface area contributed by atoms with E-state index in [0.29, 0.717) is 24.4 Å². The molecule has 1 heterocycles. The Hall–Kier alpha value is -0.610. The first-order chi connectivity index (χ1) is 9.12. The van der Waals surface area contributed by atoms with E-state index < -0.39 is 0 Å². The van der Waals surface area contributed by atoms with Gasteiger partial charge in [-0.2, -0.15) is 0 Å². The van der Waals surface area contributed by atoms with Gasteiger partial charge in [-0.05, 0) is 44.1 Å². The maximum Gasteiger partial charge on any atom is 0.221 e. The fourth-order valence-corrected chi connectivity index (χ4v) is 3.20. The van der Waals surface area contributed by atoms with E-state index in [2.05, 4.69) is 24.1 Å². The lowest BCUT2D eigenvalue weighted by molar-refractivity contribution is -0.122. The smallest absolute Gasteiger partial charge is 0.221 e. The van der Waals surface area contributed by atoms with E-state index in [-0.39, 0.29) is 11.9 Å². The monoisotopic (exact) mass is 267 g/mol. The van der Waals surface area contributed by atoms with Gasteiger partial charge >= 0.3 is 0 Å². The highest BCUT2D eigenvalue weighted by Crippen LogP contribution is 2.38. The zero-order chi connectivity index (χ0) is 13.9. The third-order valence-corrected chi connectivity index (χ3v) is 5.12. The molecule has 2 aliphatic rings. The zero-order valence-corrected chi connectivity index (χ0v) is 12.5. The molecule has 19 heavy (non-hydrogen) atoms. The van der Waals surface area contributed by atoms with Crippen LogP contribution in [0.5, 0.6) is 0 Å². The first kappa shape index (κ1) is 14.8. The van der Waals surface area contributed by atoms with E-state index in [4.69, 9.17) is 5.73 Å². The van der Waals surface area contributed by atoms with Crippen molar-refractivity contribution in [3.05, 3.63) is 0 Å². The van der Waals surface area contributed by atoms with Crippen LogP contribution in [0, 0.1) is 5.41 Å². The van der Waals surface area contributed by atoms with Crippen LogP contribution in [0.15, 0.2) is 0 Å². The molecule has 2 rings (SSSR count). The van der Waals surface area contributed by atoms with Crippen molar-refractivity contribution in [1.82, 2.24) is 10.2 Å². The van der Waals surface area contributed by atoms with E-state index >= 15 is 0 Å². The van der Waals surface area contributed by atoms with E-state index in [0.717, 1.165) is 25.9 Å². The number of nitrogens with two attached hydrogens (primary N) is 1. The van der Waals surface area contributed by atoms with Crippen molar-refractivity contribution in [3.63, 3.8) is 0 Å². The first-order valence-electron chi connectivity index (χ1n) is 7.86. The average molecular weight is 267 g/mol. The van der Waals surface area contributed by atoms with Gasteiger partial charge in [-0.3, -0.25) is 9.69 Å². The molecule has 4 nitrogen and oxygen atoms in total. The number of likely N-dealkylation sites (tertiary alicyclic amines) is 1. The number of amides is 1. The molecule has 0 aromatic rings. The second-order valence-corrected chi connectivity index (χ2v) is 6.36. The highest BCUT2D eigenvalue weighted by atomic mass is 16.1. The van der Waals surface area contributed by atoms with E-state index in [1.807, 2.05) is 0 Å². The molecule has 1 saturated carbocycles. The summed E-state index contributed by atoms with van der Waals surface area (Å²) in [7, 11) is 0. The minimum Gasteiger partial charge on any atom is -0.353 e. The summed E-state index contributed by atoms with van der Waals surface area (Å²) in [6.07, 6.45) is 6.57. The molecule has 3 N–H and O–H groups in total. The van der Waals surface area contributed by atoms with Gasteiger partial charge in [0.1, 0.15) is 0 Å². The van der Waals surface area contributed by atoms with Gasteiger partial charge in [-0.1, -0.05) is 13.8 Å². The number of nitrogens with zero attached hydrogens (tertiary/aromatic N) is 1. The summed E-state index contributed by atoms with van der Waals surface area (Å²) < 4.78 is 0. The minimum atomic E-state index is 0.184. The lowest BCUT2D eigenvalue weighted by atomic mass is 9.82. The number of carbonyl (C=O) groups is 1. The van der Waals surface area contributed by atoms with Crippen LogP contribution in [0.1, 0.15) is 52.4 Å². The summed E-state index contributed by atoms with van der Waals surface area (Å²) in [6, 6.07) is 0.675. The van der Waals surface area contributed by atoms with Crippen LogP contribution >= 0.6 is 0 Å². The summed E-state index contributed by atoms with van der Waals surface area (Å²) in [5.41, 5.74) is 6.36. The van der Waals surface area contributed by atoms with Crippen molar-refractivity contribution in [3.8, 4) is 0 Å². The van der Waals surface area contributed by atoms with Crippen molar-refractivity contribution in [2.24, 2.45) is 11.1 Å². The van der Waals surface area contributed by atoms with Gasteiger partial charge in [0.15, 0.2) is 0 Å². The van der Waals surface area contributed by atoms with Crippen molar-refractivity contribution in [1.29, 1.82) is 0 Å². The normalized spacial score (nSPS) is 24.4. The van der Waals surface area contributed by atoms with Crippen LogP contribution in [-0.4, -0.2) is 42.5 Å². The van der Waals surface area contributed by atoms with Gasteiger partial charge in [-0.15, -0.1) is 0 Å². The van der Waals surface area contributed by atoms with E-state index in [1.165, 1.54) is 19.3 Å². The molecule has 2 fully saturated rings. The molecule has 4 heteroatoms. The van der Waals surface area contributed by atoms with Gasteiger partial charge < -0.3 is 11.1 Å². The van der Waals surface area contributed by atoms with E-state index in [1.54, 1.807) is 0 Å². The van der Waals surface area contributed by atoms with Crippen LogP contribution in [0.2, 0.25) is 0 Å². The Morgan fingerprint density at radius 2 is 2.11 bits per heavy atom. The van der Waals surface area contributed by atoms with Crippen LogP contribution in [0.3, 0.4) is 0 Å². The topological polar surface area (TPSA) is 58.4 Å². The highest BCUT2D eigenvalue weighted by Gasteiger charge is 2.38. The van der Waals surface area contributed by atoms with Crippen molar-refractivity contribution >= 4 is 5.91 Å². The predicted molar refractivity (Wildman–Crippen MR) is 77.8 cm³/mol. The molecule has 1 aliphatic heterocycles. The molecule has 1 saturated heterocycles. The summed E-state index contributed by atoms with van der Waals surface area (Å²) in [5.74, 6) is 0.184. The Balaban J connectivity index is 1.85. The van der Waals surface area contributed by atoms with Crippen LogP contribution in [0.25, 0.3) is 0 Å². The summed E-state index contributed by atoms with van der Waals surface area (Å²) in [5, 5.41) is 3.07. The number of rotatable bonds is 7. The SMILES string of the molecule is CCC1(CC)CCN(C(CN)CC(=O)NC2CC2)C1. The fourth-order valence-electron chi connectivity index (χ4n) is 3.20. The van der Waals surface area contributed by atoms with Gasteiger partial charge in [0.2, 0.25) is 5.91 Å². The molecule has 1 aliphatic carbocycles. The number of hydrogen-bond acceptors (Lipinski definition) is 3. The zero-order valence-electron chi connectivity index (χ0n) is 12.5. The third-order valence-electron chi connectivity index (χ3n) is 5.12. The Kier molecular flexibility index (Phi) is 4.85. The van der Waals surface area contributed by atoms with Crippen LogP contribution < -0.4 is 11.1 Å². The second kappa shape index (κ2) is 6.23. The number of nitrogens with one attached hydrogen (secondary N) is 1. The Morgan fingerprint density at radius 1 is 1.42 bits per heavy atom. The van der Waals surface area contributed by atoms with Crippen molar-refractivity contribution < 1.29 is 4.79 Å². The second-order valence-electron chi connectivity index (χ2n) is 6.36. The van der Waals surface area contributed by atoms with Crippen molar-refractivity contribution in [2.45, 2.75) is 64.5 Å². The van der Waals surface area contributed by atoms with Gasteiger partial charge in [-0.25, -0.2) is 0 Å².